The molecule has 0 aliphatic carbocycles. The van der Waals surface area contributed by atoms with Gasteiger partial charge in [-0.25, -0.2) is 5.01 Å². The Bertz CT molecular complexity index is 969. The van der Waals surface area contributed by atoms with Crippen molar-refractivity contribution in [3.8, 4) is 0 Å². The van der Waals surface area contributed by atoms with E-state index in [2.05, 4.69) is 10.4 Å². The Morgan fingerprint density at radius 3 is 2.55 bits per heavy atom. The van der Waals surface area contributed by atoms with Gasteiger partial charge < -0.3 is 10.4 Å². The molecule has 1 atom stereocenters. The molecule has 0 fully saturated rings. The quantitative estimate of drug-likeness (QED) is 0.788. The van der Waals surface area contributed by atoms with Gasteiger partial charge in [-0.3, -0.25) is 14.4 Å². The Hall–Kier alpha value is -3.48. The van der Waals surface area contributed by atoms with Gasteiger partial charge in [-0.15, -0.1) is 0 Å². The van der Waals surface area contributed by atoms with E-state index < -0.39 is 17.8 Å². The number of hydrogen-bond acceptors (Lipinski definition) is 4. The van der Waals surface area contributed by atoms with Crippen molar-refractivity contribution < 1.29 is 19.5 Å². The molecule has 7 nitrogen and oxygen atoms in total. The molecule has 2 N–H and O–H groups in total. The molecule has 2 aromatic carbocycles. The molecule has 1 heterocycles. The first-order chi connectivity index (χ1) is 13.9. The predicted molar refractivity (Wildman–Crippen MR) is 110 cm³/mol. The van der Waals surface area contributed by atoms with Crippen molar-refractivity contribution in [2.75, 3.05) is 11.6 Å². The maximum Gasteiger partial charge on any atom is 0.312 e. The average Bonchev–Trinajstić information content (AvgIpc) is 2.71. The highest BCUT2D eigenvalue weighted by atomic mass is 16.4. The van der Waals surface area contributed by atoms with Crippen molar-refractivity contribution in [1.82, 2.24) is 5.32 Å². The fourth-order valence-electron chi connectivity index (χ4n) is 3.18. The number of amides is 2. The molecule has 0 radical (unpaired) electrons. The highest BCUT2D eigenvalue weighted by molar-refractivity contribution is 6.40. The van der Waals surface area contributed by atoms with Gasteiger partial charge in [0, 0.05) is 19.4 Å². The lowest BCUT2D eigenvalue weighted by Crippen LogP contribution is -2.41. The molecule has 0 bridgehead atoms. The summed E-state index contributed by atoms with van der Waals surface area (Å²) in [6.07, 6.45) is 0.385. The number of nitrogens with zero attached hydrogens (tertiary/aromatic N) is 2. The minimum Gasteiger partial charge on any atom is -0.481 e. The van der Waals surface area contributed by atoms with Gasteiger partial charge in [0.05, 0.1) is 11.6 Å². The van der Waals surface area contributed by atoms with Crippen LogP contribution in [0.25, 0.3) is 0 Å². The highest BCUT2D eigenvalue weighted by Crippen LogP contribution is 2.25. The first-order valence-electron chi connectivity index (χ1n) is 9.40. The molecule has 0 spiro atoms. The molecule has 2 amide bonds. The molecule has 3 rings (SSSR count). The van der Waals surface area contributed by atoms with E-state index in [-0.39, 0.29) is 31.0 Å². The van der Waals surface area contributed by atoms with Crippen LogP contribution in [0.4, 0.5) is 5.69 Å². The number of benzene rings is 2. The largest absolute Gasteiger partial charge is 0.481 e. The van der Waals surface area contributed by atoms with Crippen LogP contribution in [0.1, 0.15) is 35.4 Å². The van der Waals surface area contributed by atoms with Gasteiger partial charge in [-0.1, -0.05) is 42.5 Å². The number of aliphatic carboxylic acids is 1. The molecule has 1 aliphatic heterocycles. The van der Waals surface area contributed by atoms with Crippen LogP contribution in [0, 0.1) is 13.8 Å². The Labute approximate surface area is 169 Å². The second-order valence-electron chi connectivity index (χ2n) is 7.05. The summed E-state index contributed by atoms with van der Waals surface area (Å²) in [6.45, 7) is 3.74. The van der Waals surface area contributed by atoms with Crippen LogP contribution in [0.15, 0.2) is 53.6 Å². The van der Waals surface area contributed by atoms with Crippen molar-refractivity contribution in [3.05, 3.63) is 65.2 Å². The minimum atomic E-state index is -1.02. The number of carboxylic acid groups (broad SMARTS) is 1. The number of carbonyl (C=O) groups excluding carboxylic acids is 2. The summed E-state index contributed by atoms with van der Waals surface area (Å²) >= 11 is 0. The van der Waals surface area contributed by atoms with Gasteiger partial charge >= 0.3 is 5.97 Å². The number of rotatable bonds is 6. The van der Waals surface area contributed by atoms with Crippen molar-refractivity contribution in [2.45, 2.75) is 32.6 Å². The van der Waals surface area contributed by atoms with E-state index in [9.17, 15) is 19.5 Å². The van der Waals surface area contributed by atoms with Crippen LogP contribution in [-0.2, 0) is 14.4 Å². The van der Waals surface area contributed by atoms with Crippen molar-refractivity contribution in [3.63, 3.8) is 0 Å². The molecular weight excluding hydrogens is 370 g/mol. The van der Waals surface area contributed by atoms with Gasteiger partial charge in [-0.2, -0.15) is 5.10 Å². The maximum atomic E-state index is 12.6. The summed E-state index contributed by atoms with van der Waals surface area (Å²) in [5.41, 5.74) is 3.33. The fraction of sp³-hybridized carbons (Fsp3) is 0.273. The van der Waals surface area contributed by atoms with E-state index in [1.54, 1.807) is 30.3 Å². The van der Waals surface area contributed by atoms with Gasteiger partial charge in [0.15, 0.2) is 0 Å². The molecule has 1 unspecified atom stereocenters. The summed E-state index contributed by atoms with van der Waals surface area (Å²) in [5.74, 6) is -2.52. The average molecular weight is 393 g/mol. The van der Waals surface area contributed by atoms with E-state index in [1.807, 2.05) is 32.0 Å². The van der Waals surface area contributed by atoms with Crippen LogP contribution in [0.3, 0.4) is 0 Å². The maximum absolute atomic E-state index is 12.6. The van der Waals surface area contributed by atoms with E-state index in [0.29, 0.717) is 11.3 Å². The molecule has 29 heavy (non-hydrogen) atoms. The number of carbonyl (C=O) groups is 3. The Kier molecular flexibility index (Phi) is 6.07. The summed E-state index contributed by atoms with van der Waals surface area (Å²) in [4.78, 5) is 36.6. The Morgan fingerprint density at radius 2 is 1.86 bits per heavy atom. The SMILES string of the molecule is Cc1ccc(C)c(N2N=C(C(=O)NCC(C(=O)O)c3ccccc3)CCC2=O)c1. The second-order valence-corrected chi connectivity index (χ2v) is 7.05. The highest BCUT2D eigenvalue weighted by Gasteiger charge is 2.28. The van der Waals surface area contributed by atoms with E-state index in [0.717, 1.165) is 11.1 Å². The predicted octanol–water partition coefficient (Wildman–Crippen LogP) is 2.77. The molecule has 150 valence electrons. The van der Waals surface area contributed by atoms with E-state index in [1.165, 1.54) is 5.01 Å². The van der Waals surface area contributed by atoms with Crippen LogP contribution in [-0.4, -0.2) is 35.1 Å². The number of nitrogens with one attached hydrogen (secondary N) is 1. The molecule has 2 aromatic rings. The first-order valence-corrected chi connectivity index (χ1v) is 9.40. The second kappa shape index (κ2) is 8.68. The number of carboxylic acids is 1. The van der Waals surface area contributed by atoms with E-state index in [4.69, 9.17) is 0 Å². The number of aryl methyl sites for hydroxylation is 2. The molecule has 0 aromatic heterocycles. The van der Waals surface area contributed by atoms with Gasteiger partial charge in [0.25, 0.3) is 5.91 Å². The third-order valence-electron chi connectivity index (χ3n) is 4.85. The summed E-state index contributed by atoms with van der Waals surface area (Å²) in [6, 6.07) is 14.4. The molecular formula is C22H23N3O4. The molecule has 1 aliphatic rings. The summed E-state index contributed by atoms with van der Waals surface area (Å²) in [5, 5.41) is 17.7. The van der Waals surface area contributed by atoms with E-state index >= 15 is 0 Å². The molecule has 0 saturated heterocycles. The summed E-state index contributed by atoms with van der Waals surface area (Å²) in [7, 11) is 0. The first kappa shape index (κ1) is 20.3. The lowest BCUT2D eigenvalue weighted by atomic mass is 9.99. The van der Waals surface area contributed by atoms with Crippen molar-refractivity contribution in [2.24, 2.45) is 5.10 Å². The zero-order chi connectivity index (χ0) is 21.0. The lowest BCUT2D eigenvalue weighted by molar-refractivity contribution is -0.138. The summed E-state index contributed by atoms with van der Waals surface area (Å²) < 4.78 is 0. The van der Waals surface area contributed by atoms with Crippen LogP contribution in [0.5, 0.6) is 0 Å². The zero-order valence-corrected chi connectivity index (χ0v) is 16.4. The monoisotopic (exact) mass is 393 g/mol. The van der Waals surface area contributed by atoms with Crippen LogP contribution in [0.2, 0.25) is 0 Å². The fourth-order valence-corrected chi connectivity index (χ4v) is 3.18. The minimum absolute atomic E-state index is 0.0609. The van der Waals surface area contributed by atoms with Crippen LogP contribution >= 0.6 is 0 Å². The molecule has 0 saturated carbocycles. The standard InChI is InChI=1S/C22H23N3O4/c1-14-8-9-15(2)19(12-14)25-20(26)11-10-18(24-25)21(27)23-13-17(22(28)29)16-6-4-3-5-7-16/h3-9,12,17H,10-11,13H2,1-2H3,(H,23,27)(H,28,29). The third kappa shape index (κ3) is 4.68. The van der Waals surface area contributed by atoms with Gasteiger partial charge in [-0.05, 0) is 36.6 Å². The van der Waals surface area contributed by atoms with Gasteiger partial charge in [0.2, 0.25) is 5.91 Å². The number of anilines is 1. The Morgan fingerprint density at radius 1 is 1.14 bits per heavy atom. The number of hydrazone groups is 1. The van der Waals surface area contributed by atoms with Crippen molar-refractivity contribution >= 4 is 29.2 Å². The topological polar surface area (TPSA) is 99.1 Å². The lowest BCUT2D eigenvalue weighted by Gasteiger charge is -2.25. The smallest absolute Gasteiger partial charge is 0.312 e. The number of hydrogen-bond donors (Lipinski definition) is 2. The Balaban J connectivity index is 1.77. The van der Waals surface area contributed by atoms with Crippen LogP contribution < -0.4 is 10.3 Å². The van der Waals surface area contributed by atoms with Gasteiger partial charge in [0.1, 0.15) is 5.71 Å². The zero-order valence-electron chi connectivity index (χ0n) is 16.4. The van der Waals surface area contributed by atoms with Crippen molar-refractivity contribution in [1.29, 1.82) is 0 Å². The third-order valence-corrected chi connectivity index (χ3v) is 4.85. The normalized spacial score (nSPS) is 14.9. The molecule has 7 heteroatoms.